The zero-order valence-electron chi connectivity index (χ0n) is 11.9. The number of hydrogen-bond acceptors (Lipinski definition) is 3. The lowest BCUT2D eigenvalue weighted by molar-refractivity contribution is 0.301. The van der Waals surface area contributed by atoms with Crippen molar-refractivity contribution < 1.29 is 4.74 Å². The third-order valence-corrected chi connectivity index (χ3v) is 3.40. The molecule has 1 aromatic carbocycles. The Morgan fingerprint density at radius 3 is 2.67 bits per heavy atom. The van der Waals surface area contributed by atoms with Gasteiger partial charge in [-0.05, 0) is 43.7 Å². The molecule has 0 aliphatic heterocycles. The molecular formula is C16H18N2O2S. The van der Waals surface area contributed by atoms with Crippen LogP contribution in [0, 0.1) is 6.92 Å². The van der Waals surface area contributed by atoms with Crippen LogP contribution in [-0.2, 0) is 6.54 Å². The van der Waals surface area contributed by atoms with E-state index in [4.69, 9.17) is 22.7 Å². The van der Waals surface area contributed by atoms with E-state index in [-0.39, 0.29) is 5.56 Å². The highest BCUT2D eigenvalue weighted by Crippen LogP contribution is 2.12. The quantitative estimate of drug-likeness (QED) is 0.657. The van der Waals surface area contributed by atoms with E-state index in [1.54, 1.807) is 10.8 Å². The van der Waals surface area contributed by atoms with Crippen LogP contribution in [-0.4, -0.2) is 16.2 Å². The van der Waals surface area contributed by atoms with Crippen LogP contribution in [0.5, 0.6) is 5.75 Å². The van der Waals surface area contributed by atoms with Gasteiger partial charge in [-0.25, -0.2) is 0 Å². The van der Waals surface area contributed by atoms with E-state index in [9.17, 15) is 4.79 Å². The fourth-order valence-electron chi connectivity index (χ4n) is 1.97. The summed E-state index contributed by atoms with van der Waals surface area (Å²) >= 11 is 4.89. The standard InChI is InChI=1S/C16H18N2O2S/c1-12-4-2-9-18(16(12)19)10-3-11-20-14-7-5-13(6-8-14)15(17)21/h2,4-9H,3,10-11H2,1H3,(H2,17,21). The van der Waals surface area contributed by atoms with E-state index < -0.39 is 0 Å². The Balaban J connectivity index is 1.83. The van der Waals surface area contributed by atoms with Crippen LogP contribution < -0.4 is 16.0 Å². The number of rotatable bonds is 6. The molecule has 2 aromatic rings. The first kappa shape index (κ1) is 15.3. The summed E-state index contributed by atoms with van der Waals surface area (Å²) in [5, 5.41) is 0. The molecular weight excluding hydrogens is 284 g/mol. The number of pyridine rings is 1. The van der Waals surface area contributed by atoms with Crippen molar-refractivity contribution in [3.63, 3.8) is 0 Å². The lowest BCUT2D eigenvalue weighted by Gasteiger charge is -2.09. The maximum atomic E-state index is 11.8. The van der Waals surface area contributed by atoms with Crippen molar-refractivity contribution in [3.8, 4) is 5.75 Å². The van der Waals surface area contributed by atoms with Gasteiger partial charge in [-0.2, -0.15) is 0 Å². The maximum Gasteiger partial charge on any atom is 0.253 e. The Hall–Kier alpha value is -2.14. The molecule has 0 fully saturated rings. The summed E-state index contributed by atoms with van der Waals surface area (Å²) in [6.45, 7) is 3.01. The summed E-state index contributed by atoms with van der Waals surface area (Å²) in [4.78, 5) is 12.2. The molecule has 21 heavy (non-hydrogen) atoms. The Bertz CT molecular complexity index is 677. The molecule has 0 unspecified atom stereocenters. The van der Waals surface area contributed by atoms with Crippen LogP contribution in [0.2, 0.25) is 0 Å². The van der Waals surface area contributed by atoms with Gasteiger partial charge >= 0.3 is 0 Å². The second kappa shape index (κ2) is 7.04. The summed E-state index contributed by atoms with van der Waals surface area (Å²) in [7, 11) is 0. The predicted octanol–water partition coefficient (Wildman–Crippen LogP) is 2.26. The van der Waals surface area contributed by atoms with Crippen molar-refractivity contribution in [1.82, 2.24) is 4.57 Å². The first-order chi connectivity index (χ1) is 10.1. The third-order valence-electron chi connectivity index (χ3n) is 3.16. The molecule has 0 atom stereocenters. The first-order valence-corrected chi connectivity index (χ1v) is 7.17. The monoisotopic (exact) mass is 302 g/mol. The Labute approximate surface area is 129 Å². The second-order valence-electron chi connectivity index (χ2n) is 4.78. The van der Waals surface area contributed by atoms with Gasteiger partial charge in [-0.3, -0.25) is 4.79 Å². The van der Waals surface area contributed by atoms with Gasteiger partial charge in [0, 0.05) is 23.9 Å². The number of hydrogen-bond donors (Lipinski definition) is 1. The molecule has 0 saturated heterocycles. The van der Waals surface area contributed by atoms with Crippen LogP contribution in [0.3, 0.4) is 0 Å². The minimum Gasteiger partial charge on any atom is -0.494 e. The number of nitrogens with two attached hydrogens (primary N) is 1. The highest BCUT2D eigenvalue weighted by Gasteiger charge is 2.00. The van der Waals surface area contributed by atoms with Gasteiger partial charge in [0.15, 0.2) is 0 Å². The van der Waals surface area contributed by atoms with Crippen LogP contribution >= 0.6 is 12.2 Å². The number of thiocarbonyl (C=S) groups is 1. The number of nitrogens with zero attached hydrogens (tertiary/aromatic N) is 1. The average Bonchev–Trinajstić information content (AvgIpc) is 2.48. The fraction of sp³-hybridized carbons (Fsp3) is 0.250. The molecule has 1 aromatic heterocycles. The summed E-state index contributed by atoms with van der Waals surface area (Å²) < 4.78 is 7.34. The minimum absolute atomic E-state index is 0.0540. The zero-order valence-corrected chi connectivity index (χ0v) is 12.7. The Kier molecular flexibility index (Phi) is 5.11. The van der Waals surface area contributed by atoms with Crippen molar-refractivity contribution in [2.45, 2.75) is 19.9 Å². The van der Waals surface area contributed by atoms with Gasteiger partial charge in [0.25, 0.3) is 5.56 Å². The van der Waals surface area contributed by atoms with Gasteiger partial charge < -0.3 is 15.0 Å². The summed E-state index contributed by atoms with van der Waals surface area (Å²) in [6.07, 6.45) is 2.56. The molecule has 110 valence electrons. The van der Waals surface area contributed by atoms with Gasteiger partial charge in [-0.15, -0.1) is 0 Å². The number of aryl methyl sites for hydroxylation is 2. The fourth-order valence-corrected chi connectivity index (χ4v) is 2.11. The third kappa shape index (κ3) is 4.16. The van der Waals surface area contributed by atoms with Crippen molar-refractivity contribution in [3.05, 3.63) is 64.1 Å². The largest absolute Gasteiger partial charge is 0.494 e. The van der Waals surface area contributed by atoms with Crippen LogP contribution in [0.1, 0.15) is 17.5 Å². The second-order valence-corrected chi connectivity index (χ2v) is 5.22. The molecule has 0 saturated carbocycles. The SMILES string of the molecule is Cc1cccn(CCCOc2ccc(C(N)=S)cc2)c1=O. The number of aromatic nitrogens is 1. The molecule has 4 nitrogen and oxygen atoms in total. The van der Waals surface area contributed by atoms with E-state index in [2.05, 4.69) is 0 Å². The number of ether oxygens (including phenoxy) is 1. The summed E-state index contributed by atoms with van der Waals surface area (Å²) in [6, 6.07) is 11.1. The normalized spacial score (nSPS) is 10.3. The average molecular weight is 302 g/mol. The van der Waals surface area contributed by atoms with Gasteiger partial charge in [0.1, 0.15) is 10.7 Å². The molecule has 0 bridgehead atoms. The zero-order chi connectivity index (χ0) is 15.2. The molecule has 5 heteroatoms. The molecule has 0 aliphatic carbocycles. The highest BCUT2D eigenvalue weighted by molar-refractivity contribution is 7.80. The van der Waals surface area contributed by atoms with E-state index in [0.717, 1.165) is 23.3 Å². The molecule has 0 aliphatic rings. The van der Waals surface area contributed by atoms with Crippen molar-refractivity contribution in [1.29, 1.82) is 0 Å². The van der Waals surface area contributed by atoms with Gasteiger partial charge in [0.2, 0.25) is 0 Å². The summed E-state index contributed by atoms with van der Waals surface area (Å²) in [5.74, 6) is 0.770. The Morgan fingerprint density at radius 1 is 1.29 bits per heavy atom. The van der Waals surface area contributed by atoms with Crippen molar-refractivity contribution >= 4 is 17.2 Å². The van der Waals surface area contributed by atoms with Gasteiger partial charge in [0.05, 0.1) is 6.61 Å². The smallest absolute Gasteiger partial charge is 0.253 e. The maximum absolute atomic E-state index is 11.8. The Morgan fingerprint density at radius 2 is 2.00 bits per heavy atom. The minimum atomic E-state index is 0.0540. The lowest BCUT2D eigenvalue weighted by atomic mass is 10.2. The van der Waals surface area contributed by atoms with Crippen molar-refractivity contribution in [2.24, 2.45) is 5.73 Å². The van der Waals surface area contributed by atoms with E-state index in [0.29, 0.717) is 18.1 Å². The topological polar surface area (TPSA) is 57.2 Å². The molecule has 0 radical (unpaired) electrons. The molecule has 0 spiro atoms. The summed E-state index contributed by atoms with van der Waals surface area (Å²) in [5.41, 5.74) is 7.17. The van der Waals surface area contributed by atoms with Gasteiger partial charge in [-0.1, -0.05) is 18.3 Å². The molecule has 2 N–H and O–H groups in total. The lowest BCUT2D eigenvalue weighted by Crippen LogP contribution is -2.22. The predicted molar refractivity (Wildman–Crippen MR) is 87.9 cm³/mol. The van der Waals surface area contributed by atoms with E-state index >= 15 is 0 Å². The number of benzene rings is 1. The first-order valence-electron chi connectivity index (χ1n) is 6.76. The van der Waals surface area contributed by atoms with Crippen LogP contribution in [0.25, 0.3) is 0 Å². The highest BCUT2D eigenvalue weighted by atomic mass is 32.1. The van der Waals surface area contributed by atoms with E-state index in [1.807, 2.05) is 43.3 Å². The molecule has 1 heterocycles. The van der Waals surface area contributed by atoms with E-state index in [1.165, 1.54) is 0 Å². The molecule has 0 amide bonds. The van der Waals surface area contributed by atoms with Crippen LogP contribution in [0.15, 0.2) is 47.4 Å². The molecule has 2 rings (SSSR count). The van der Waals surface area contributed by atoms with Crippen LogP contribution in [0.4, 0.5) is 0 Å². The van der Waals surface area contributed by atoms with Crippen molar-refractivity contribution in [2.75, 3.05) is 6.61 Å².